The molecule has 3 aromatic rings. The van der Waals surface area contributed by atoms with Crippen LogP contribution in [-0.4, -0.2) is 13.0 Å². The average Bonchev–Trinajstić information content (AvgIpc) is 2.90. The summed E-state index contributed by atoms with van der Waals surface area (Å²) in [6, 6.07) is 16.7. The molecule has 0 atom stereocenters. The van der Waals surface area contributed by atoms with Gasteiger partial charge in [0.15, 0.2) is 0 Å². The number of sulfonamides is 1. The van der Waals surface area contributed by atoms with E-state index in [0.717, 1.165) is 28.2 Å². The van der Waals surface area contributed by atoms with Gasteiger partial charge in [-0.25, -0.2) is 8.42 Å². The van der Waals surface area contributed by atoms with Gasteiger partial charge in [-0.1, -0.05) is 12.1 Å². The quantitative estimate of drug-likeness (QED) is 0.749. The van der Waals surface area contributed by atoms with Gasteiger partial charge >= 0.3 is 0 Å². The molecule has 130 valence electrons. The molecule has 3 rings (SSSR count). The van der Waals surface area contributed by atoms with Crippen molar-refractivity contribution in [3.63, 3.8) is 0 Å². The lowest BCUT2D eigenvalue weighted by atomic mass is 10.1. The fourth-order valence-corrected chi connectivity index (χ4v) is 4.02. The average molecular weight is 354 g/mol. The molecular formula is C20H22N2O2S. The van der Waals surface area contributed by atoms with Crippen molar-refractivity contribution in [1.29, 1.82) is 0 Å². The SMILES string of the molecule is Cc1ccc(C)c(NS(=O)(=O)c2ccc(-n3c(C)ccc3C)cc2)c1. The Bertz CT molecular complexity index is 997. The summed E-state index contributed by atoms with van der Waals surface area (Å²) in [4.78, 5) is 0.250. The number of hydrogen-bond donors (Lipinski definition) is 1. The lowest BCUT2D eigenvalue weighted by Gasteiger charge is -2.13. The van der Waals surface area contributed by atoms with E-state index in [2.05, 4.69) is 9.29 Å². The molecule has 0 unspecified atom stereocenters. The molecule has 1 heterocycles. The normalized spacial score (nSPS) is 11.5. The summed E-state index contributed by atoms with van der Waals surface area (Å²) in [6.45, 7) is 7.88. The molecule has 0 aliphatic rings. The van der Waals surface area contributed by atoms with Crippen molar-refractivity contribution in [3.05, 3.63) is 77.1 Å². The van der Waals surface area contributed by atoms with E-state index in [1.807, 2.05) is 70.2 Å². The van der Waals surface area contributed by atoms with E-state index in [-0.39, 0.29) is 4.90 Å². The van der Waals surface area contributed by atoms with Crippen molar-refractivity contribution in [3.8, 4) is 5.69 Å². The summed E-state index contributed by atoms with van der Waals surface area (Å²) in [5.41, 5.74) is 5.69. The lowest BCUT2D eigenvalue weighted by molar-refractivity contribution is 0.601. The van der Waals surface area contributed by atoms with Gasteiger partial charge in [-0.2, -0.15) is 0 Å². The zero-order valence-corrected chi connectivity index (χ0v) is 15.7. The molecule has 0 radical (unpaired) electrons. The van der Waals surface area contributed by atoms with E-state index in [1.165, 1.54) is 0 Å². The van der Waals surface area contributed by atoms with E-state index in [1.54, 1.807) is 12.1 Å². The van der Waals surface area contributed by atoms with Gasteiger partial charge in [0.2, 0.25) is 0 Å². The van der Waals surface area contributed by atoms with Crippen LogP contribution in [0.25, 0.3) is 5.69 Å². The summed E-state index contributed by atoms with van der Waals surface area (Å²) >= 11 is 0. The largest absolute Gasteiger partial charge is 0.319 e. The van der Waals surface area contributed by atoms with E-state index in [4.69, 9.17) is 0 Å². The fraction of sp³-hybridized carbons (Fsp3) is 0.200. The number of rotatable bonds is 4. The maximum atomic E-state index is 12.7. The molecule has 0 spiro atoms. The van der Waals surface area contributed by atoms with Crippen LogP contribution in [0.1, 0.15) is 22.5 Å². The van der Waals surface area contributed by atoms with Crippen LogP contribution in [-0.2, 0) is 10.0 Å². The third kappa shape index (κ3) is 3.46. The summed E-state index contributed by atoms with van der Waals surface area (Å²) in [7, 11) is -3.62. The Morgan fingerprint density at radius 3 is 2.00 bits per heavy atom. The van der Waals surface area contributed by atoms with Gasteiger partial charge in [-0.3, -0.25) is 4.72 Å². The second-order valence-electron chi connectivity index (χ2n) is 6.37. The Kier molecular flexibility index (Phi) is 4.43. The smallest absolute Gasteiger partial charge is 0.261 e. The number of nitrogens with zero attached hydrogens (tertiary/aromatic N) is 1. The molecule has 1 N–H and O–H groups in total. The van der Waals surface area contributed by atoms with Gasteiger partial charge in [-0.15, -0.1) is 0 Å². The molecule has 0 bridgehead atoms. The molecule has 4 nitrogen and oxygen atoms in total. The number of anilines is 1. The highest BCUT2D eigenvalue weighted by Crippen LogP contribution is 2.23. The Labute approximate surface area is 149 Å². The van der Waals surface area contributed by atoms with E-state index in [0.29, 0.717) is 5.69 Å². The highest BCUT2D eigenvalue weighted by Gasteiger charge is 2.16. The van der Waals surface area contributed by atoms with Crippen LogP contribution in [0.5, 0.6) is 0 Å². The number of aromatic nitrogens is 1. The Balaban J connectivity index is 1.92. The van der Waals surface area contributed by atoms with Crippen LogP contribution < -0.4 is 4.72 Å². The van der Waals surface area contributed by atoms with Crippen molar-refractivity contribution < 1.29 is 8.42 Å². The summed E-state index contributed by atoms with van der Waals surface area (Å²) in [5.74, 6) is 0. The van der Waals surface area contributed by atoms with Gasteiger partial charge in [-0.05, 0) is 81.3 Å². The summed E-state index contributed by atoms with van der Waals surface area (Å²) in [6.07, 6.45) is 0. The maximum absolute atomic E-state index is 12.7. The first-order chi connectivity index (χ1) is 11.8. The molecular weight excluding hydrogens is 332 g/mol. The van der Waals surface area contributed by atoms with Crippen LogP contribution in [0.3, 0.4) is 0 Å². The molecule has 0 aliphatic heterocycles. The van der Waals surface area contributed by atoms with Crippen molar-refractivity contribution in [1.82, 2.24) is 4.57 Å². The number of hydrogen-bond acceptors (Lipinski definition) is 2. The molecule has 25 heavy (non-hydrogen) atoms. The third-order valence-electron chi connectivity index (χ3n) is 4.31. The Hall–Kier alpha value is -2.53. The predicted molar refractivity (Wildman–Crippen MR) is 102 cm³/mol. The Morgan fingerprint density at radius 1 is 0.800 bits per heavy atom. The minimum atomic E-state index is -3.62. The monoisotopic (exact) mass is 354 g/mol. The summed E-state index contributed by atoms with van der Waals surface area (Å²) in [5, 5.41) is 0. The highest BCUT2D eigenvalue weighted by atomic mass is 32.2. The van der Waals surface area contributed by atoms with Gasteiger partial charge in [0.05, 0.1) is 10.6 Å². The molecule has 0 fully saturated rings. The Morgan fingerprint density at radius 2 is 1.40 bits per heavy atom. The first-order valence-corrected chi connectivity index (χ1v) is 9.62. The molecule has 1 aromatic heterocycles. The second kappa shape index (κ2) is 6.41. The van der Waals surface area contributed by atoms with Crippen LogP contribution in [0, 0.1) is 27.7 Å². The maximum Gasteiger partial charge on any atom is 0.261 e. The van der Waals surface area contributed by atoms with Crippen LogP contribution in [0.15, 0.2) is 59.5 Å². The van der Waals surface area contributed by atoms with Gasteiger partial charge in [0.25, 0.3) is 10.0 Å². The first kappa shape index (κ1) is 17.3. The molecule has 0 aliphatic carbocycles. The highest BCUT2D eigenvalue weighted by molar-refractivity contribution is 7.92. The number of aryl methyl sites for hydroxylation is 4. The zero-order chi connectivity index (χ0) is 18.2. The van der Waals surface area contributed by atoms with Crippen molar-refractivity contribution in [2.24, 2.45) is 0 Å². The van der Waals surface area contributed by atoms with E-state index < -0.39 is 10.0 Å². The van der Waals surface area contributed by atoms with Crippen molar-refractivity contribution in [2.75, 3.05) is 4.72 Å². The predicted octanol–water partition coefficient (Wildman–Crippen LogP) is 4.51. The van der Waals surface area contributed by atoms with Crippen molar-refractivity contribution >= 4 is 15.7 Å². The minimum absolute atomic E-state index is 0.250. The second-order valence-corrected chi connectivity index (χ2v) is 8.05. The number of nitrogens with one attached hydrogen (secondary N) is 1. The number of benzene rings is 2. The first-order valence-electron chi connectivity index (χ1n) is 8.13. The van der Waals surface area contributed by atoms with E-state index >= 15 is 0 Å². The molecule has 5 heteroatoms. The van der Waals surface area contributed by atoms with Crippen LogP contribution in [0.2, 0.25) is 0 Å². The minimum Gasteiger partial charge on any atom is -0.319 e. The van der Waals surface area contributed by atoms with Gasteiger partial charge in [0.1, 0.15) is 0 Å². The van der Waals surface area contributed by atoms with E-state index in [9.17, 15) is 8.42 Å². The van der Waals surface area contributed by atoms with Gasteiger partial charge in [0, 0.05) is 17.1 Å². The fourth-order valence-electron chi connectivity index (χ4n) is 2.90. The van der Waals surface area contributed by atoms with Crippen molar-refractivity contribution in [2.45, 2.75) is 32.6 Å². The summed E-state index contributed by atoms with van der Waals surface area (Å²) < 4.78 is 30.1. The molecule has 0 saturated carbocycles. The van der Waals surface area contributed by atoms with Crippen LogP contribution in [0.4, 0.5) is 5.69 Å². The van der Waals surface area contributed by atoms with Gasteiger partial charge < -0.3 is 4.57 Å². The molecule has 2 aromatic carbocycles. The molecule has 0 amide bonds. The zero-order valence-electron chi connectivity index (χ0n) is 14.9. The third-order valence-corrected chi connectivity index (χ3v) is 5.70. The molecule has 0 saturated heterocycles. The topological polar surface area (TPSA) is 51.1 Å². The standard InChI is InChI=1S/C20H22N2O2S/c1-14-5-6-15(2)20(13-14)21-25(23,24)19-11-9-18(10-12-19)22-16(3)7-8-17(22)4/h5-13,21H,1-4H3. The van der Waals surface area contributed by atoms with Crippen LogP contribution >= 0.6 is 0 Å². The lowest BCUT2D eigenvalue weighted by Crippen LogP contribution is -2.14.